The minimum atomic E-state index is 0.581. The molecule has 0 atom stereocenters. The molecule has 0 fully saturated rings. The first-order valence-corrected chi connectivity index (χ1v) is 18.9. The van der Waals surface area contributed by atoms with Gasteiger partial charge in [-0.25, -0.2) is 4.98 Å². The normalized spacial score (nSPS) is 11.6. The first kappa shape index (κ1) is 31.9. The lowest BCUT2D eigenvalue weighted by Gasteiger charge is -2.11. The molecule has 0 unspecified atom stereocenters. The van der Waals surface area contributed by atoms with Gasteiger partial charge in [0.15, 0.2) is 5.58 Å². The Hall–Kier alpha value is -7.56. The van der Waals surface area contributed by atoms with Gasteiger partial charge in [0.2, 0.25) is 5.89 Å². The summed E-state index contributed by atoms with van der Waals surface area (Å²) in [4.78, 5) is 9.53. The summed E-state index contributed by atoms with van der Waals surface area (Å²) in [7, 11) is 0. The number of pyridine rings is 1. The highest BCUT2D eigenvalue weighted by molar-refractivity contribution is 6.11. The third kappa shape index (κ3) is 5.39. The summed E-state index contributed by atoms with van der Waals surface area (Å²) in [6.07, 6.45) is 3.67. The van der Waals surface area contributed by atoms with E-state index in [-0.39, 0.29) is 0 Å². The maximum atomic E-state index is 6.70. The SMILES string of the molecule is c1ccc(-n2c3ccccc3c3cc(-c4cc(-c5ccc(-c6cccc7ccccc67)cc5)c5nc(-c6cccc(-c7cccnc7)c6)oc5c4)ccc32)cc1. The van der Waals surface area contributed by atoms with Crippen LogP contribution in [0.4, 0.5) is 0 Å². The minimum absolute atomic E-state index is 0.581. The van der Waals surface area contributed by atoms with Crippen molar-refractivity contribution in [3.8, 4) is 61.6 Å². The van der Waals surface area contributed by atoms with Gasteiger partial charge in [0.05, 0.1) is 11.0 Å². The van der Waals surface area contributed by atoms with Crippen LogP contribution in [0.3, 0.4) is 0 Å². The zero-order chi connectivity index (χ0) is 37.0. The molecule has 11 aromatic rings. The molecule has 11 rings (SSSR count). The molecule has 0 bridgehead atoms. The van der Waals surface area contributed by atoms with Crippen LogP contribution in [0.5, 0.6) is 0 Å². The second-order valence-electron chi connectivity index (χ2n) is 14.2. The molecular formula is C52H33N3O. The standard InChI is InChI=1S/C52H33N3O/c1-2-16-42(17-3-1)55-48-21-7-6-19-45(48)47-30-38(26-27-49(47)55)41-31-46(36-24-22-35(23-25-36)44-20-9-12-34-11-4-5-18-43(34)44)51-50(32-41)56-52(54-51)39-14-8-13-37(29-39)40-15-10-28-53-33-40/h1-33H. The second-order valence-corrected chi connectivity index (χ2v) is 14.2. The molecule has 0 amide bonds. The lowest BCUT2D eigenvalue weighted by atomic mass is 9.94. The monoisotopic (exact) mass is 715 g/mol. The van der Waals surface area contributed by atoms with Crippen molar-refractivity contribution in [1.29, 1.82) is 0 Å². The summed E-state index contributed by atoms with van der Waals surface area (Å²) < 4.78 is 9.05. The Kier molecular flexibility index (Phi) is 7.46. The van der Waals surface area contributed by atoms with Crippen molar-refractivity contribution >= 4 is 43.7 Å². The van der Waals surface area contributed by atoms with Crippen molar-refractivity contribution in [2.45, 2.75) is 0 Å². The largest absolute Gasteiger partial charge is 0.436 e. The summed E-state index contributed by atoms with van der Waals surface area (Å²) in [5.41, 5.74) is 14.7. The molecule has 4 heteroatoms. The third-order valence-corrected chi connectivity index (χ3v) is 10.9. The fourth-order valence-electron chi connectivity index (χ4n) is 8.22. The Labute approximate surface area is 323 Å². The maximum Gasteiger partial charge on any atom is 0.227 e. The van der Waals surface area contributed by atoms with Crippen LogP contribution in [0, 0.1) is 0 Å². The van der Waals surface area contributed by atoms with E-state index in [1.807, 2.05) is 18.3 Å². The third-order valence-electron chi connectivity index (χ3n) is 10.9. The molecule has 8 aromatic carbocycles. The topological polar surface area (TPSA) is 43.9 Å². The van der Waals surface area contributed by atoms with Crippen LogP contribution in [0.15, 0.2) is 205 Å². The van der Waals surface area contributed by atoms with Crippen LogP contribution >= 0.6 is 0 Å². The van der Waals surface area contributed by atoms with Gasteiger partial charge in [-0.2, -0.15) is 0 Å². The predicted molar refractivity (Wildman–Crippen MR) is 231 cm³/mol. The van der Waals surface area contributed by atoms with Crippen LogP contribution in [0.1, 0.15) is 0 Å². The van der Waals surface area contributed by atoms with Gasteiger partial charge in [0.1, 0.15) is 5.52 Å². The molecule has 0 radical (unpaired) electrons. The first-order chi connectivity index (χ1) is 27.7. The van der Waals surface area contributed by atoms with Crippen LogP contribution in [-0.4, -0.2) is 14.5 Å². The summed E-state index contributed by atoms with van der Waals surface area (Å²) in [6.45, 7) is 0. The van der Waals surface area contributed by atoms with E-state index in [0.29, 0.717) is 5.89 Å². The van der Waals surface area contributed by atoms with Gasteiger partial charge in [0.25, 0.3) is 0 Å². The minimum Gasteiger partial charge on any atom is -0.436 e. The Morgan fingerprint density at radius 2 is 1.09 bits per heavy atom. The van der Waals surface area contributed by atoms with E-state index in [4.69, 9.17) is 9.40 Å². The molecule has 0 saturated heterocycles. The van der Waals surface area contributed by atoms with Crippen LogP contribution in [-0.2, 0) is 0 Å². The lowest BCUT2D eigenvalue weighted by molar-refractivity contribution is 0.620. The van der Waals surface area contributed by atoms with Crippen molar-refractivity contribution in [3.63, 3.8) is 0 Å². The van der Waals surface area contributed by atoms with E-state index in [1.165, 1.54) is 43.7 Å². The summed E-state index contributed by atoms with van der Waals surface area (Å²) >= 11 is 0. The number of hydrogen-bond donors (Lipinski definition) is 0. The molecule has 0 spiro atoms. The number of para-hydroxylation sites is 2. The van der Waals surface area contributed by atoms with Crippen molar-refractivity contribution in [2.75, 3.05) is 0 Å². The van der Waals surface area contributed by atoms with Crippen LogP contribution in [0.2, 0.25) is 0 Å². The molecule has 262 valence electrons. The summed E-state index contributed by atoms with van der Waals surface area (Å²) in [5.74, 6) is 0.581. The molecule has 4 nitrogen and oxygen atoms in total. The molecule has 3 aromatic heterocycles. The van der Waals surface area contributed by atoms with Crippen LogP contribution < -0.4 is 0 Å². The quantitative estimate of drug-likeness (QED) is 0.172. The predicted octanol–water partition coefficient (Wildman–Crippen LogP) is 13.8. The highest BCUT2D eigenvalue weighted by Gasteiger charge is 2.19. The van der Waals surface area contributed by atoms with Gasteiger partial charge in [-0.05, 0) is 105 Å². The average molecular weight is 716 g/mol. The number of fused-ring (bicyclic) bond motifs is 5. The molecule has 3 heterocycles. The Bertz CT molecular complexity index is 3230. The zero-order valence-corrected chi connectivity index (χ0v) is 30.3. The number of hydrogen-bond acceptors (Lipinski definition) is 3. The van der Waals surface area contributed by atoms with Crippen molar-refractivity contribution in [3.05, 3.63) is 200 Å². The van der Waals surface area contributed by atoms with E-state index in [9.17, 15) is 0 Å². The number of benzene rings is 8. The Morgan fingerprint density at radius 1 is 0.411 bits per heavy atom. The van der Waals surface area contributed by atoms with Gasteiger partial charge in [-0.3, -0.25) is 4.98 Å². The number of oxazole rings is 1. The second kappa shape index (κ2) is 13.1. The zero-order valence-electron chi connectivity index (χ0n) is 30.3. The maximum absolute atomic E-state index is 6.70. The van der Waals surface area contributed by atoms with Gasteiger partial charge in [0, 0.05) is 45.5 Å². The number of aromatic nitrogens is 3. The van der Waals surface area contributed by atoms with Crippen molar-refractivity contribution in [2.24, 2.45) is 0 Å². The van der Waals surface area contributed by atoms with E-state index < -0.39 is 0 Å². The molecule has 0 N–H and O–H groups in total. The Balaban J connectivity index is 1.09. The van der Waals surface area contributed by atoms with Crippen molar-refractivity contribution in [1.82, 2.24) is 14.5 Å². The number of nitrogens with zero attached hydrogens (tertiary/aromatic N) is 3. The smallest absolute Gasteiger partial charge is 0.227 e. The van der Waals surface area contributed by atoms with Crippen LogP contribution in [0.25, 0.3) is 105 Å². The molecule has 0 aliphatic heterocycles. The van der Waals surface area contributed by atoms with Gasteiger partial charge >= 0.3 is 0 Å². The highest BCUT2D eigenvalue weighted by atomic mass is 16.3. The van der Waals surface area contributed by atoms with E-state index in [0.717, 1.165) is 55.7 Å². The lowest BCUT2D eigenvalue weighted by Crippen LogP contribution is -1.92. The number of rotatable bonds is 6. The fourth-order valence-corrected chi connectivity index (χ4v) is 8.22. The summed E-state index contributed by atoms with van der Waals surface area (Å²) in [5, 5.41) is 4.89. The van der Waals surface area contributed by atoms with Gasteiger partial charge in [-0.15, -0.1) is 0 Å². The van der Waals surface area contributed by atoms with Crippen molar-refractivity contribution < 1.29 is 4.42 Å². The van der Waals surface area contributed by atoms with E-state index >= 15 is 0 Å². The molecule has 0 saturated carbocycles. The molecule has 0 aliphatic rings. The average Bonchev–Trinajstić information content (AvgIpc) is 3.86. The summed E-state index contributed by atoms with van der Waals surface area (Å²) in [6, 6.07) is 66.7. The molecular weight excluding hydrogens is 683 g/mol. The molecule has 56 heavy (non-hydrogen) atoms. The highest BCUT2D eigenvalue weighted by Crippen LogP contribution is 2.40. The van der Waals surface area contributed by atoms with E-state index in [1.54, 1.807) is 6.20 Å². The fraction of sp³-hybridized carbons (Fsp3) is 0. The van der Waals surface area contributed by atoms with E-state index in [2.05, 4.69) is 185 Å². The van der Waals surface area contributed by atoms with Gasteiger partial charge in [-0.1, -0.05) is 127 Å². The Morgan fingerprint density at radius 3 is 1.95 bits per heavy atom. The first-order valence-electron chi connectivity index (χ1n) is 18.9. The van der Waals surface area contributed by atoms with Gasteiger partial charge < -0.3 is 8.98 Å². The molecule has 0 aliphatic carbocycles.